The van der Waals surface area contributed by atoms with E-state index in [0.29, 0.717) is 27.8 Å². The molecule has 8 aliphatic rings. The van der Waals surface area contributed by atoms with E-state index in [2.05, 4.69) is 5.32 Å². The molecule has 3 aromatic carbocycles. The third-order valence-electron chi connectivity index (χ3n) is 11.6. The molecule has 0 saturated carbocycles. The highest BCUT2D eigenvalue weighted by Crippen LogP contribution is 2.58. The predicted molar refractivity (Wildman–Crippen MR) is 215 cm³/mol. The van der Waals surface area contributed by atoms with E-state index in [1.165, 1.54) is 31.4 Å². The lowest BCUT2D eigenvalue weighted by molar-refractivity contribution is -0.329. The maximum atomic E-state index is 14.2. The van der Waals surface area contributed by atoms with Crippen molar-refractivity contribution in [3.8, 4) is 23.0 Å². The molecule has 5 unspecified atom stereocenters. The Hall–Kier alpha value is -5.20. The van der Waals surface area contributed by atoms with Crippen LogP contribution in [0.2, 0.25) is 5.02 Å². The van der Waals surface area contributed by atoms with Gasteiger partial charge in [0.15, 0.2) is 41.7 Å². The van der Waals surface area contributed by atoms with Gasteiger partial charge in [-0.05, 0) is 87.5 Å². The first kappa shape index (κ1) is 41.5. The molecule has 6 N–H and O–H groups in total. The summed E-state index contributed by atoms with van der Waals surface area (Å²) < 4.78 is 42.9. The number of fused-ring (bicyclic) bond motifs is 2. The van der Waals surface area contributed by atoms with Gasteiger partial charge in [0.2, 0.25) is 0 Å². The lowest BCUT2D eigenvalue weighted by atomic mass is 9.86. The van der Waals surface area contributed by atoms with E-state index in [-0.39, 0.29) is 45.7 Å². The Morgan fingerprint density at radius 3 is 2.53 bits per heavy atom. The van der Waals surface area contributed by atoms with Crippen LogP contribution in [0.3, 0.4) is 0 Å². The Bertz CT molecular complexity index is 2310. The van der Waals surface area contributed by atoms with E-state index in [9.17, 15) is 29.7 Å². The zero-order chi connectivity index (χ0) is 43.0. The molecule has 16 nitrogen and oxygen atoms in total. The van der Waals surface area contributed by atoms with Crippen LogP contribution in [0.15, 0.2) is 60.7 Å². The molecule has 17 heteroatoms. The monoisotopic (exact) mass is 847 g/mol. The number of nitrogens with zero attached hydrogens (tertiary/aromatic N) is 1. The molecular formula is C43H46ClN3O13. The lowest BCUT2D eigenvalue weighted by Crippen LogP contribution is -2.67. The number of likely N-dealkylation sites (N-methyl/N-ethyl adjacent to an activating group) is 1. The third kappa shape index (κ3) is 7.05. The van der Waals surface area contributed by atoms with E-state index in [1.54, 1.807) is 76.2 Å². The highest BCUT2D eigenvalue weighted by Gasteiger charge is 2.58. The number of amides is 1. The second kappa shape index (κ2) is 15.4. The van der Waals surface area contributed by atoms with Gasteiger partial charge in [0, 0.05) is 17.7 Å². The van der Waals surface area contributed by atoms with Gasteiger partial charge in [0.1, 0.15) is 30.3 Å². The summed E-state index contributed by atoms with van der Waals surface area (Å²) in [4.78, 5) is 41.9. The number of rotatable bonds is 6. The van der Waals surface area contributed by atoms with E-state index in [1.807, 2.05) is 0 Å². The van der Waals surface area contributed by atoms with Crippen LogP contribution in [0.4, 0.5) is 5.69 Å². The van der Waals surface area contributed by atoms with Crippen LogP contribution < -0.4 is 25.3 Å². The number of esters is 2. The van der Waals surface area contributed by atoms with Crippen molar-refractivity contribution in [1.29, 1.82) is 0 Å². The number of carbonyl (C=O) groups excluding carboxylic acids is 3. The molecule has 0 aromatic heterocycles. The van der Waals surface area contributed by atoms with Crippen molar-refractivity contribution in [2.24, 2.45) is 5.73 Å². The number of allylic oxidation sites excluding steroid dienone is 2. The minimum absolute atomic E-state index is 0.00396. The fourth-order valence-corrected chi connectivity index (χ4v) is 9.02. The Kier molecular flexibility index (Phi) is 10.6. The van der Waals surface area contributed by atoms with Crippen molar-refractivity contribution in [3.63, 3.8) is 0 Å². The SMILES string of the molecule is COc1cc2c(c(C(=O)OC3COC(=O)CC(N)c4cc(O)c(c(Cl)c4)OC4c5ccc3cc5C3=CC=CC34O[C@@H]3OC(C)(C)[C@@H](N(C)C)[C@@H](O)[C@H]3O)c1)NC(=O)C(C)O2. The zero-order valence-electron chi connectivity index (χ0n) is 33.6. The molecule has 60 heavy (non-hydrogen) atoms. The number of aliphatic hydroxyl groups excluding tert-OH is 2. The van der Waals surface area contributed by atoms with Crippen LogP contribution in [-0.2, 0) is 28.5 Å². The smallest absolute Gasteiger partial charge is 0.341 e. The molecular weight excluding hydrogens is 802 g/mol. The van der Waals surface area contributed by atoms with Gasteiger partial charge in [0.25, 0.3) is 5.91 Å². The van der Waals surface area contributed by atoms with Gasteiger partial charge in [-0.1, -0.05) is 35.9 Å². The fourth-order valence-electron chi connectivity index (χ4n) is 8.75. The quantitative estimate of drug-likeness (QED) is 0.219. The first-order valence-electron chi connectivity index (χ1n) is 19.4. The molecule has 9 atom stereocenters. The second-order valence-corrected chi connectivity index (χ2v) is 16.6. The number of aromatic hydroxyl groups is 1. The number of benzene rings is 3. The van der Waals surface area contributed by atoms with E-state index in [4.69, 9.17) is 50.5 Å². The molecule has 6 heterocycles. The third-order valence-corrected chi connectivity index (χ3v) is 11.9. The summed E-state index contributed by atoms with van der Waals surface area (Å²) in [5.41, 5.74) is 6.23. The molecule has 2 aliphatic carbocycles. The topological polar surface area (TPSA) is 218 Å². The number of carbonyl (C=O) groups is 3. The standard InChI is InChI=1S/C43H46ClN3O13/c1-19-39(52)46-33-25(15-22(54-6)16-30(33)56-19)40(53)57-31-18-55-32(49)17-28(45)21-13-27(44)36(29(48)14-21)58-38-23-10-9-20(31)12-24(23)26-8-7-11-43(26,38)60-41-35(51)34(50)37(47(4)5)42(2,3)59-41/h7-16,19,28,31,34-35,37-38,41,48,50-51H,17-18,45H2,1-6H3,(H,46,52)/t19?,28?,31?,34-,35+,37-,38?,41-,43?/m0/s1. The molecule has 318 valence electrons. The molecule has 3 aromatic rings. The molecule has 1 amide bonds. The Morgan fingerprint density at radius 1 is 1.05 bits per heavy atom. The van der Waals surface area contributed by atoms with Gasteiger partial charge in [0.05, 0.1) is 41.4 Å². The van der Waals surface area contributed by atoms with Crippen molar-refractivity contribution in [2.45, 2.75) is 87.3 Å². The summed E-state index contributed by atoms with van der Waals surface area (Å²) in [7, 11) is 4.97. The summed E-state index contributed by atoms with van der Waals surface area (Å²) in [5, 5.41) is 37.0. The summed E-state index contributed by atoms with van der Waals surface area (Å²) in [5.74, 6) is -2.09. The number of phenolic OH excluding ortho intramolecular Hbond substituents is 1. The van der Waals surface area contributed by atoms with Gasteiger partial charge >= 0.3 is 11.9 Å². The van der Waals surface area contributed by atoms with Crippen LogP contribution in [0, 0.1) is 0 Å². The van der Waals surface area contributed by atoms with Crippen LogP contribution in [-0.4, -0.2) is 108 Å². The minimum atomic E-state index is -1.54. The minimum Gasteiger partial charge on any atom is -0.504 e. The number of halogens is 1. The fraction of sp³-hybridized carbons (Fsp3) is 0.419. The van der Waals surface area contributed by atoms with E-state index < -0.39 is 84.5 Å². The maximum absolute atomic E-state index is 14.2. The lowest BCUT2D eigenvalue weighted by Gasteiger charge is -2.51. The van der Waals surface area contributed by atoms with E-state index in [0.717, 1.165) is 0 Å². The van der Waals surface area contributed by atoms with Gasteiger partial charge < -0.3 is 64.4 Å². The first-order valence-corrected chi connectivity index (χ1v) is 19.7. The number of hydrogen-bond donors (Lipinski definition) is 5. The van der Waals surface area contributed by atoms with Crippen LogP contribution in [0.1, 0.15) is 78.1 Å². The first-order chi connectivity index (χ1) is 28.4. The molecule has 0 spiro atoms. The number of nitrogens with one attached hydrogen (secondary N) is 1. The van der Waals surface area contributed by atoms with Crippen LogP contribution in [0.5, 0.6) is 23.0 Å². The number of methoxy groups -OCH3 is 1. The van der Waals surface area contributed by atoms with Gasteiger partial charge in [-0.25, -0.2) is 4.79 Å². The van der Waals surface area contributed by atoms with Crippen molar-refractivity contribution >= 4 is 40.7 Å². The van der Waals surface area contributed by atoms with Gasteiger partial charge in [-0.3, -0.25) is 9.59 Å². The molecule has 6 bridgehead atoms. The molecule has 1 saturated heterocycles. The largest absolute Gasteiger partial charge is 0.504 e. The summed E-state index contributed by atoms with van der Waals surface area (Å²) in [6.07, 6.45) is -2.38. The van der Waals surface area contributed by atoms with Crippen LogP contribution in [0.25, 0.3) is 5.57 Å². The molecule has 1 fully saturated rings. The van der Waals surface area contributed by atoms with Gasteiger partial charge in [-0.15, -0.1) is 0 Å². The molecule has 6 aliphatic heterocycles. The van der Waals surface area contributed by atoms with Crippen LogP contribution >= 0.6 is 11.6 Å². The zero-order valence-corrected chi connectivity index (χ0v) is 34.4. The Morgan fingerprint density at radius 2 is 1.82 bits per heavy atom. The number of aliphatic hydroxyl groups is 2. The normalized spacial score (nSPS) is 30.1. The summed E-state index contributed by atoms with van der Waals surface area (Å²) >= 11 is 6.77. The van der Waals surface area contributed by atoms with Crippen molar-refractivity contribution in [3.05, 3.63) is 93.5 Å². The maximum Gasteiger partial charge on any atom is 0.341 e. The number of ether oxygens (including phenoxy) is 7. The Labute approximate surface area is 350 Å². The van der Waals surface area contributed by atoms with Crippen molar-refractivity contribution in [2.75, 3.05) is 33.1 Å². The highest BCUT2D eigenvalue weighted by molar-refractivity contribution is 6.32. The number of phenols is 1. The number of hydrogen-bond acceptors (Lipinski definition) is 15. The number of anilines is 1. The average molecular weight is 848 g/mol. The van der Waals surface area contributed by atoms with E-state index >= 15 is 0 Å². The van der Waals surface area contributed by atoms with Crippen molar-refractivity contribution < 1.29 is 62.9 Å². The van der Waals surface area contributed by atoms with Crippen molar-refractivity contribution in [1.82, 2.24) is 4.90 Å². The molecule has 0 radical (unpaired) electrons. The summed E-state index contributed by atoms with van der Waals surface area (Å²) in [6.45, 7) is 4.70. The van der Waals surface area contributed by atoms with Gasteiger partial charge in [-0.2, -0.15) is 0 Å². The molecule has 11 rings (SSSR count). The summed E-state index contributed by atoms with van der Waals surface area (Å²) in [6, 6.07) is 9.31. The number of nitrogens with two attached hydrogens (primary N) is 1. The Balaban J connectivity index is 1.23. The average Bonchev–Trinajstić information content (AvgIpc) is 3.70. The second-order valence-electron chi connectivity index (χ2n) is 16.2. The predicted octanol–water partition coefficient (Wildman–Crippen LogP) is 4.25. The highest BCUT2D eigenvalue weighted by atomic mass is 35.5.